The molecular weight excluding hydrogens is 288 g/mol. The Bertz CT molecular complexity index is 752. The standard InChI is InChI=1S/C14H10N4O2S/c21-14-17-12(15-8-10-3-1-5-19-10)7-13(18-14)16-9-11-4-2-6-20-11/h1-9H,(H,17,18,21)/b15-8+,16-9?. The van der Waals surface area contributed by atoms with Gasteiger partial charge in [-0.3, -0.25) is 0 Å². The first-order chi connectivity index (χ1) is 10.3. The van der Waals surface area contributed by atoms with Gasteiger partial charge in [0.25, 0.3) is 0 Å². The molecular formula is C14H10N4O2S. The second-order valence-corrected chi connectivity index (χ2v) is 4.36. The number of rotatable bonds is 4. The van der Waals surface area contributed by atoms with Gasteiger partial charge in [-0.25, -0.2) is 15.0 Å². The number of hydrogen-bond donors (Lipinski definition) is 1. The van der Waals surface area contributed by atoms with Crippen molar-refractivity contribution in [2.24, 2.45) is 9.98 Å². The Kier molecular flexibility index (Phi) is 3.83. The summed E-state index contributed by atoms with van der Waals surface area (Å²) >= 11 is 5.05. The summed E-state index contributed by atoms with van der Waals surface area (Å²) in [6.07, 6.45) is 6.30. The lowest BCUT2D eigenvalue weighted by molar-refractivity contribution is 0.560. The van der Waals surface area contributed by atoms with Gasteiger partial charge in [-0.05, 0) is 36.5 Å². The minimum Gasteiger partial charge on any atom is -0.463 e. The van der Waals surface area contributed by atoms with Crippen molar-refractivity contribution in [3.63, 3.8) is 0 Å². The average Bonchev–Trinajstić information content (AvgIpc) is 3.16. The van der Waals surface area contributed by atoms with Crippen LogP contribution in [0.4, 0.5) is 11.6 Å². The molecule has 104 valence electrons. The molecule has 7 heteroatoms. The minimum absolute atomic E-state index is 0.302. The number of hydrogen-bond acceptors (Lipinski definition) is 6. The normalized spacial score (nSPS) is 11.6. The number of H-pyrrole nitrogens is 1. The highest BCUT2D eigenvalue weighted by Crippen LogP contribution is 2.15. The van der Waals surface area contributed by atoms with E-state index < -0.39 is 0 Å². The number of aromatic nitrogens is 2. The van der Waals surface area contributed by atoms with Gasteiger partial charge in [0.05, 0.1) is 25.0 Å². The molecule has 0 fully saturated rings. The summed E-state index contributed by atoms with van der Waals surface area (Å²) in [5, 5.41) is 0. The second kappa shape index (κ2) is 6.10. The Balaban J connectivity index is 1.84. The zero-order chi connectivity index (χ0) is 14.5. The van der Waals surface area contributed by atoms with Gasteiger partial charge in [-0.2, -0.15) is 0 Å². The summed E-state index contributed by atoms with van der Waals surface area (Å²) in [5.74, 6) is 2.27. The van der Waals surface area contributed by atoms with Crippen LogP contribution in [0.5, 0.6) is 0 Å². The maximum Gasteiger partial charge on any atom is 0.200 e. The van der Waals surface area contributed by atoms with Crippen molar-refractivity contribution in [3.8, 4) is 0 Å². The van der Waals surface area contributed by atoms with Crippen LogP contribution in [-0.4, -0.2) is 22.4 Å². The van der Waals surface area contributed by atoms with Crippen molar-refractivity contribution < 1.29 is 8.83 Å². The number of aromatic amines is 1. The van der Waals surface area contributed by atoms with Crippen molar-refractivity contribution in [2.45, 2.75) is 0 Å². The molecule has 0 spiro atoms. The van der Waals surface area contributed by atoms with E-state index in [-0.39, 0.29) is 0 Å². The summed E-state index contributed by atoms with van der Waals surface area (Å²) in [4.78, 5) is 15.4. The van der Waals surface area contributed by atoms with Crippen LogP contribution in [0.1, 0.15) is 11.5 Å². The summed E-state index contributed by atoms with van der Waals surface area (Å²) < 4.78 is 10.6. The van der Waals surface area contributed by atoms with Crippen molar-refractivity contribution in [3.05, 3.63) is 59.1 Å². The van der Waals surface area contributed by atoms with E-state index in [1.807, 2.05) is 0 Å². The Labute approximate surface area is 124 Å². The van der Waals surface area contributed by atoms with E-state index in [9.17, 15) is 0 Å². The van der Waals surface area contributed by atoms with Crippen LogP contribution < -0.4 is 0 Å². The van der Waals surface area contributed by atoms with Gasteiger partial charge in [-0.15, -0.1) is 0 Å². The predicted octanol–water partition coefficient (Wildman–Crippen LogP) is 3.83. The van der Waals surface area contributed by atoms with E-state index in [0.717, 1.165) is 0 Å². The SMILES string of the molecule is S=c1nc(N=Cc2ccco2)cc(/N=C/c2ccco2)[nH]1. The van der Waals surface area contributed by atoms with Gasteiger partial charge in [-0.1, -0.05) is 0 Å². The maximum atomic E-state index is 5.17. The third-order valence-corrected chi connectivity index (χ3v) is 2.65. The number of nitrogens with one attached hydrogen (secondary N) is 1. The van der Waals surface area contributed by atoms with Crippen LogP contribution in [-0.2, 0) is 0 Å². The van der Waals surface area contributed by atoms with E-state index >= 15 is 0 Å². The van der Waals surface area contributed by atoms with Gasteiger partial charge < -0.3 is 13.8 Å². The summed E-state index contributed by atoms with van der Waals surface area (Å²) in [6.45, 7) is 0. The molecule has 3 rings (SSSR count). The van der Waals surface area contributed by atoms with Gasteiger partial charge in [0.15, 0.2) is 10.6 Å². The first-order valence-corrected chi connectivity index (χ1v) is 6.47. The summed E-state index contributed by atoms with van der Waals surface area (Å²) in [6, 6.07) is 8.84. The third kappa shape index (κ3) is 3.61. The molecule has 0 atom stereocenters. The molecule has 0 saturated heterocycles. The molecule has 0 aromatic carbocycles. The Morgan fingerprint density at radius 3 is 2.33 bits per heavy atom. The van der Waals surface area contributed by atoms with E-state index in [0.29, 0.717) is 27.9 Å². The van der Waals surface area contributed by atoms with Crippen LogP contribution in [0.15, 0.2) is 61.7 Å². The first kappa shape index (κ1) is 13.2. The fourth-order valence-corrected chi connectivity index (χ4v) is 1.76. The largest absolute Gasteiger partial charge is 0.463 e. The van der Waals surface area contributed by atoms with Crippen LogP contribution in [0.25, 0.3) is 0 Å². The quantitative estimate of drug-likeness (QED) is 0.586. The first-order valence-electron chi connectivity index (χ1n) is 6.06. The smallest absolute Gasteiger partial charge is 0.200 e. The lowest BCUT2D eigenvalue weighted by Gasteiger charge is -1.96. The summed E-state index contributed by atoms with van der Waals surface area (Å²) in [7, 11) is 0. The highest BCUT2D eigenvalue weighted by atomic mass is 32.1. The molecule has 1 N–H and O–H groups in total. The molecule has 6 nitrogen and oxygen atoms in total. The van der Waals surface area contributed by atoms with Gasteiger partial charge in [0.2, 0.25) is 0 Å². The third-order valence-electron chi connectivity index (χ3n) is 2.46. The molecule has 0 amide bonds. The Morgan fingerprint density at radius 1 is 1.05 bits per heavy atom. The van der Waals surface area contributed by atoms with Gasteiger partial charge >= 0.3 is 0 Å². The lowest BCUT2D eigenvalue weighted by Crippen LogP contribution is -1.84. The number of aliphatic imine (C=N–C) groups is 2. The predicted molar refractivity (Wildman–Crippen MR) is 81.3 cm³/mol. The molecule has 0 bridgehead atoms. The topological polar surface area (TPSA) is 79.7 Å². The summed E-state index contributed by atoms with van der Waals surface area (Å²) in [5.41, 5.74) is 0. The fourth-order valence-electron chi connectivity index (χ4n) is 1.56. The molecule has 0 radical (unpaired) electrons. The van der Waals surface area contributed by atoms with Gasteiger partial charge in [0.1, 0.15) is 17.3 Å². The van der Waals surface area contributed by atoms with Crippen molar-refractivity contribution in [1.82, 2.24) is 9.97 Å². The van der Waals surface area contributed by atoms with Crippen molar-refractivity contribution >= 4 is 36.3 Å². The fraction of sp³-hybridized carbons (Fsp3) is 0. The Hall–Kier alpha value is -2.80. The van der Waals surface area contributed by atoms with E-state index in [2.05, 4.69) is 20.0 Å². The van der Waals surface area contributed by atoms with E-state index in [1.165, 1.54) is 0 Å². The van der Waals surface area contributed by atoms with Crippen LogP contribution in [0, 0.1) is 4.77 Å². The monoisotopic (exact) mass is 298 g/mol. The Morgan fingerprint density at radius 2 is 1.71 bits per heavy atom. The molecule has 21 heavy (non-hydrogen) atoms. The molecule has 0 saturated carbocycles. The molecule has 3 heterocycles. The molecule has 0 unspecified atom stereocenters. The molecule has 3 aromatic heterocycles. The highest BCUT2D eigenvalue weighted by molar-refractivity contribution is 7.71. The molecule has 3 aromatic rings. The number of nitrogens with zero attached hydrogens (tertiary/aromatic N) is 3. The van der Waals surface area contributed by atoms with Crippen LogP contribution in [0.2, 0.25) is 0 Å². The van der Waals surface area contributed by atoms with Gasteiger partial charge in [0, 0.05) is 6.07 Å². The van der Waals surface area contributed by atoms with E-state index in [1.54, 1.807) is 55.3 Å². The minimum atomic E-state index is 0.302. The second-order valence-electron chi connectivity index (χ2n) is 3.98. The van der Waals surface area contributed by atoms with Crippen LogP contribution >= 0.6 is 12.2 Å². The number of furan rings is 2. The highest BCUT2D eigenvalue weighted by Gasteiger charge is 1.97. The molecule has 0 aliphatic heterocycles. The molecule has 0 aliphatic rings. The molecule has 0 aliphatic carbocycles. The van der Waals surface area contributed by atoms with Crippen molar-refractivity contribution in [1.29, 1.82) is 0 Å². The zero-order valence-corrected chi connectivity index (χ0v) is 11.6. The van der Waals surface area contributed by atoms with Crippen molar-refractivity contribution in [2.75, 3.05) is 0 Å². The average molecular weight is 298 g/mol. The zero-order valence-electron chi connectivity index (χ0n) is 10.8. The van der Waals surface area contributed by atoms with Crippen LogP contribution in [0.3, 0.4) is 0 Å². The maximum absolute atomic E-state index is 5.17. The lowest BCUT2D eigenvalue weighted by atomic mass is 10.4. The van der Waals surface area contributed by atoms with E-state index in [4.69, 9.17) is 21.1 Å².